The maximum atomic E-state index is 13.0. The molecule has 1 aromatic carbocycles. The van der Waals surface area contributed by atoms with Crippen LogP contribution in [-0.2, 0) is 24.3 Å². The van der Waals surface area contributed by atoms with Crippen molar-refractivity contribution in [3.05, 3.63) is 68.3 Å². The molecule has 0 unspecified atom stereocenters. The van der Waals surface area contributed by atoms with Crippen molar-refractivity contribution in [1.29, 1.82) is 0 Å². The van der Waals surface area contributed by atoms with Gasteiger partial charge in [0.25, 0.3) is 5.56 Å². The van der Waals surface area contributed by atoms with E-state index in [9.17, 15) is 9.59 Å². The van der Waals surface area contributed by atoms with Crippen LogP contribution in [-0.4, -0.2) is 25.9 Å². The van der Waals surface area contributed by atoms with Gasteiger partial charge in [0.05, 0.1) is 36.2 Å². The Hall–Kier alpha value is -2.84. The summed E-state index contributed by atoms with van der Waals surface area (Å²) in [5, 5.41) is 0.676. The van der Waals surface area contributed by atoms with E-state index in [0.717, 1.165) is 15.7 Å². The Morgan fingerprint density at radius 3 is 2.80 bits per heavy atom. The van der Waals surface area contributed by atoms with E-state index in [4.69, 9.17) is 9.15 Å². The van der Waals surface area contributed by atoms with Gasteiger partial charge in [-0.05, 0) is 32.0 Å². The summed E-state index contributed by atoms with van der Waals surface area (Å²) >= 11 is 3.34. The molecule has 0 spiro atoms. The van der Waals surface area contributed by atoms with Gasteiger partial charge >= 0.3 is 0 Å². The van der Waals surface area contributed by atoms with Crippen molar-refractivity contribution in [3.8, 4) is 0 Å². The van der Waals surface area contributed by atoms with Gasteiger partial charge in [-0.3, -0.25) is 14.2 Å². The molecule has 4 aromatic rings. The smallest absolute Gasteiger partial charge is 0.297 e. The average molecular weight is 468 g/mol. The molecular weight excluding hydrogens is 450 g/mol. The van der Waals surface area contributed by atoms with E-state index in [1.165, 1.54) is 10.9 Å². The van der Waals surface area contributed by atoms with Crippen LogP contribution in [0.15, 0.2) is 50.3 Å². The van der Waals surface area contributed by atoms with Crippen molar-refractivity contribution < 1.29 is 13.9 Å². The molecule has 3 aromatic heterocycles. The third kappa shape index (κ3) is 3.26. The predicted molar refractivity (Wildman–Crippen MR) is 115 cm³/mol. The number of carbonyl (C=O) groups is 1. The molecular formula is C22H18BrN3O4. The molecule has 152 valence electrons. The first-order valence-electron chi connectivity index (χ1n) is 9.54. The molecule has 1 aliphatic rings. The Labute approximate surface area is 179 Å². The molecule has 0 fully saturated rings. The summed E-state index contributed by atoms with van der Waals surface area (Å²) in [6, 6.07) is 8.93. The molecule has 8 heteroatoms. The molecule has 0 aliphatic carbocycles. The number of Topliss-reactive ketones (excluding diaryl/α,β-unsaturated/α-hetero) is 1. The van der Waals surface area contributed by atoms with Gasteiger partial charge in [0, 0.05) is 22.0 Å². The van der Waals surface area contributed by atoms with E-state index < -0.39 is 5.56 Å². The minimum Gasteiger partial charge on any atom is -0.430 e. The summed E-state index contributed by atoms with van der Waals surface area (Å²) in [6.07, 6.45) is 2.05. The van der Waals surface area contributed by atoms with E-state index in [-0.39, 0.29) is 23.5 Å². The largest absolute Gasteiger partial charge is 0.430 e. The maximum absolute atomic E-state index is 13.0. The lowest BCUT2D eigenvalue weighted by atomic mass is 9.95. The molecule has 0 N–H and O–H groups in total. The van der Waals surface area contributed by atoms with Crippen molar-refractivity contribution in [3.63, 3.8) is 0 Å². The minimum atomic E-state index is -0.405. The van der Waals surface area contributed by atoms with Gasteiger partial charge in [-0.2, -0.15) is 0 Å². The number of rotatable bonds is 3. The van der Waals surface area contributed by atoms with Crippen LogP contribution < -0.4 is 5.56 Å². The topological polar surface area (TPSA) is 87.2 Å². The molecule has 0 amide bonds. The van der Waals surface area contributed by atoms with Crippen molar-refractivity contribution in [1.82, 2.24) is 14.5 Å². The van der Waals surface area contributed by atoms with Gasteiger partial charge in [0.15, 0.2) is 5.78 Å². The van der Waals surface area contributed by atoms with Gasteiger partial charge in [-0.15, -0.1) is 0 Å². The van der Waals surface area contributed by atoms with Crippen molar-refractivity contribution in [2.75, 3.05) is 0 Å². The predicted octanol–water partition coefficient (Wildman–Crippen LogP) is 4.03. The van der Waals surface area contributed by atoms with E-state index in [1.807, 2.05) is 19.9 Å². The third-order valence-electron chi connectivity index (χ3n) is 5.30. The third-order valence-corrected chi connectivity index (χ3v) is 5.83. The summed E-state index contributed by atoms with van der Waals surface area (Å²) in [5.41, 5.74) is 2.63. The first-order valence-corrected chi connectivity index (χ1v) is 10.3. The number of furan rings is 1. The monoisotopic (exact) mass is 467 g/mol. The average Bonchev–Trinajstić information content (AvgIpc) is 3.06. The Bertz CT molecular complexity index is 1370. The second-order valence-corrected chi connectivity index (χ2v) is 8.98. The van der Waals surface area contributed by atoms with Crippen LogP contribution in [0.25, 0.3) is 22.2 Å². The number of ketones is 1. The molecule has 0 saturated heterocycles. The highest BCUT2D eigenvalue weighted by Crippen LogP contribution is 2.31. The van der Waals surface area contributed by atoms with Gasteiger partial charge in [-0.25, -0.2) is 9.97 Å². The number of carbonyl (C=O) groups excluding carboxylic acids is 1. The number of hydrogen-bond acceptors (Lipinski definition) is 6. The zero-order chi connectivity index (χ0) is 21.0. The Morgan fingerprint density at radius 1 is 1.27 bits per heavy atom. The van der Waals surface area contributed by atoms with Gasteiger partial charge in [-0.1, -0.05) is 28.1 Å². The highest BCUT2D eigenvalue weighted by atomic mass is 79.9. The Balaban J connectivity index is 1.55. The number of hydrogen-bond donors (Lipinski definition) is 0. The van der Waals surface area contributed by atoms with E-state index >= 15 is 0 Å². The van der Waals surface area contributed by atoms with Crippen LogP contribution in [0, 0.1) is 0 Å². The van der Waals surface area contributed by atoms with Crippen LogP contribution in [0.4, 0.5) is 0 Å². The number of aromatic nitrogens is 3. The molecule has 0 atom stereocenters. The molecule has 0 bridgehead atoms. The SMILES string of the molecule is CC1(C)Cc2nc3oc4c(=O)n(CC(=O)c5ccc(Br)cc5)cnc4c3cc2CO1. The van der Waals surface area contributed by atoms with Gasteiger partial charge < -0.3 is 9.15 Å². The minimum absolute atomic E-state index is 0.103. The number of fused-ring (bicyclic) bond motifs is 4. The summed E-state index contributed by atoms with van der Waals surface area (Å²) < 4.78 is 13.8. The highest BCUT2D eigenvalue weighted by Gasteiger charge is 2.28. The molecule has 1 aliphatic heterocycles. The standard InChI is InChI=1S/C22H18BrN3O4/c1-22(2)8-16-13(10-29-22)7-15-18-19(30-20(15)25-16)21(28)26(11-24-18)9-17(27)12-3-5-14(23)6-4-12/h3-7,11H,8-10H2,1-2H3. The Kier molecular flexibility index (Phi) is 4.37. The fraction of sp³-hybridized carbons (Fsp3) is 0.273. The summed E-state index contributed by atoms with van der Waals surface area (Å²) in [7, 11) is 0. The van der Waals surface area contributed by atoms with Crippen molar-refractivity contribution in [2.24, 2.45) is 0 Å². The van der Waals surface area contributed by atoms with Crippen LogP contribution in [0.1, 0.15) is 35.5 Å². The molecule has 4 heterocycles. The molecule has 0 radical (unpaired) electrons. The normalized spacial score (nSPS) is 15.4. The number of ether oxygens (including phenoxy) is 1. The van der Waals surface area contributed by atoms with E-state index in [1.54, 1.807) is 24.3 Å². The van der Waals surface area contributed by atoms with Crippen LogP contribution in [0.5, 0.6) is 0 Å². The number of nitrogens with zero attached hydrogens (tertiary/aromatic N) is 3. The Morgan fingerprint density at radius 2 is 2.03 bits per heavy atom. The second-order valence-electron chi connectivity index (χ2n) is 8.06. The molecule has 7 nitrogen and oxygen atoms in total. The van der Waals surface area contributed by atoms with Crippen LogP contribution >= 0.6 is 15.9 Å². The second kappa shape index (κ2) is 6.85. The molecule has 30 heavy (non-hydrogen) atoms. The summed E-state index contributed by atoms with van der Waals surface area (Å²) in [5.74, 6) is -0.185. The lowest BCUT2D eigenvalue weighted by molar-refractivity contribution is -0.0411. The molecule has 0 saturated carbocycles. The van der Waals surface area contributed by atoms with E-state index in [0.29, 0.717) is 35.2 Å². The van der Waals surface area contributed by atoms with Crippen molar-refractivity contribution in [2.45, 2.75) is 39.0 Å². The van der Waals surface area contributed by atoms with Crippen molar-refractivity contribution >= 4 is 43.9 Å². The molecule has 5 rings (SSSR count). The van der Waals surface area contributed by atoms with Crippen LogP contribution in [0.3, 0.4) is 0 Å². The summed E-state index contributed by atoms with van der Waals surface area (Å²) in [6.45, 7) is 4.37. The number of pyridine rings is 1. The zero-order valence-electron chi connectivity index (χ0n) is 16.4. The fourth-order valence-electron chi connectivity index (χ4n) is 3.67. The fourth-order valence-corrected chi connectivity index (χ4v) is 3.94. The number of benzene rings is 1. The van der Waals surface area contributed by atoms with Gasteiger partial charge in [0.2, 0.25) is 11.3 Å². The first kappa shape index (κ1) is 19.1. The maximum Gasteiger partial charge on any atom is 0.297 e. The summed E-state index contributed by atoms with van der Waals surface area (Å²) in [4.78, 5) is 34.5. The van der Waals surface area contributed by atoms with Gasteiger partial charge in [0.1, 0.15) is 5.52 Å². The lowest BCUT2D eigenvalue weighted by Crippen LogP contribution is -2.32. The first-order chi connectivity index (χ1) is 14.3. The highest BCUT2D eigenvalue weighted by molar-refractivity contribution is 9.10. The number of halogens is 1. The van der Waals surface area contributed by atoms with E-state index in [2.05, 4.69) is 25.9 Å². The quantitative estimate of drug-likeness (QED) is 0.422. The lowest BCUT2D eigenvalue weighted by Gasteiger charge is -2.30. The van der Waals surface area contributed by atoms with Crippen LogP contribution in [0.2, 0.25) is 0 Å². The zero-order valence-corrected chi connectivity index (χ0v) is 18.0.